The SMILES string of the molecule is COC(=O)/C(CN)=C(/CCC(=O)O)c1ccccc1. The Balaban J connectivity index is 3.20. The standard InChI is InChI=1S/C14H17NO4/c1-19-14(18)12(9-15)11(7-8-13(16)17)10-5-3-2-4-6-10/h2-6H,7-9,15H2,1H3,(H,16,17)/b12-11-. The molecular formula is C14H17NO4. The van der Waals surface area contributed by atoms with Crippen LogP contribution in [-0.2, 0) is 14.3 Å². The number of hydrogen-bond donors (Lipinski definition) is 2. The fraction of sp³-hybridized carbons (Fsp3) is 0.286. The number of rotatable bonds is 6. The maximum Gasteiger partial charge on any atom is 0.335 e. The minimum absolute atomic E-state index is 0.0104. The zero-order valence-electron chi connectivity index (χ0n) is 10.8. The molecule has 0 spiro atoms. The molecule has 0 aromatic heterocycles. The van der Waals surface area contributed by atoms with Crippen molar-refractivity contribution in [3.05, 3.63) is 41.5 Å². The average Bonchev–Trinajstić information content (AvgIpc) is 2.43. The molecule has 1 aromatic carbocycles. The predicted octanol–water partition coefficient (Wildman–Crippen LogP) is 1.44. The first-order valence-corrected chi connectivity index (χ1v) is 5.87. The van der Waals surface area contributed by atoms with Crippen LogP contribution >= 0.6 is 0 Å². The average molecular weight is 263 g/mol. The lowest BCUT2D eigenvalue weighted by atomic mass is 9.95. The Morgan fingerprint density at radius 2 is 1.84 bits per heavy atom. The fourth-order valence-corrected chi connectivity index (χ4v) is 1.79. The number of carbonyl (C=O) groups excluding carboxylic acids is 1. The highest BCUT2D eigenvalue weighted by Gasteiger charge is 2.16. The van der Waals surface area contributed by atoms with Gasteiger partial charge in [0.2, 0.25) is 0 Å². The summed E-state index contributed by atoms with van der Waals surface area (Å²) in [6, 6.07) is 9.12. The van der Waals surface area contributed by atoms with Crippen LogP contribution in [0.25, 0.3) is 5.57 Å². The number of nitrogens with two attached hydrogens (primary N) is 1. The molecule has 0 bridgehead atoms. The second kappa shape index (κ2) is 7.33. The Kier molecular flexibility index (Phi) is 5.75. The summed E-state index contributed by atoms with van der Waals surface area (Å²) < 4.78 is 4.69. The molecule has 0 saturated carbocycles. The van der Waals surface area contributed by atoms with Gasteiger partial charge in [0.25, 0.3) is 0 Å². The summed E-state index contributed by atoms with van der Waals surface area (Å²) in [5, 5.41) is 8.79. The zero-order valence-corrected chi connectivity index (χ0v) is 10.8. The summed E-state index contributed by atoms with van der Waals surface area (Å²) in [7, 11) is 1.28. The van der Waals surface area contributed by atoms with Gasteiger partial charge in [0.15, 0.2) is 0 Å². The van der Waals surface area contributed by atoms with Gasteiger partial charge in [-0.3, -0.25) is 4.79 Å². The zero-order chi connectivity index (χ0) is 14.3. The van der Waals surface area contributed by atoms with Crippen molar-refractivity contribution in [2.75, 3.05) is 13.7 Å². The number of hydrogen-bond acceptors (Lipinski definition) is 4. The van der Waals surface area contributed by atoms with Gasteiger partial charge in [-0.25, -0.2) is 4.79 Å². The summed E-state index contributed by atoms with van der Waals surface area (Å²) in [5.41, 5.74) is 7.31. The van der Waals surface area contributed by atoms with E-state index in [1.807, 2.05) is 30.3 Å². The molecule has 0 atom stereocenters. The molecule has 1 aromatic rings. The van der Waals surface area contributed by atoms with Gasteiger partial charge < -0.3 is 15.6 Å². The van der Waals surface area contributed by atoms with Gasteiger partial charge in [-0.1, -0.05) is 30.3 Å². The van der Waals surface area contributed by atoms with Crippen LogP contribution in [0.1, 0.15) is 18.4 Å². The van der Waals surface area contributed by atoms with Gasteiger partial charge in [-0.2, -0.15) is 0 Å². The number of allylic oxidation sites excluding steroid dienone is 1. The molecule has 102 valence electrons. The van der Waals surface area contributed by atoms with Gasteiger partial charge in [0.1, 0.15) is 0 Å². The Bertz CT molecular complexity index is 479. The summed E-state index contributed by atoms with van der Waals surface area (Å²) in [4.78, 5) is 22.4. The Hall–Kier alpha value is -2.14. The predicted molar refractivity (Wildman–Crippen MR) is 71.3 cm³/mol. The molecule has 0 aliphatic carbocycles. The van der Waals surface area contributed by atoms with E-state index in [1.54, 1.807) is 0 Å². The van der Waals surface area contributed by atoms with E-state index >= 15 is 0 Å². The number of aliphatic carboxylic acids is 1. The largest absolute Gasteiger partial charge is 0.481 e. The molecule has 0 aliphatic rings. The Morgan fingerprint density at radius 1 is 1.21 bits per heavy atom. The molecular weight excluding hydrogens is 246 g/mol. The molecule has 0 unspecified atom stereocenters. The summed E-state index contributed by atoms with van der Waals surface area (Å²) in [5.74, 6) is -1.44. The van der Waals surface area contributed by atoms with Gasteiger partial charge in [0, 0.05) is 13.0 Å². The van der Waals surface area contributed by atoms with Crippen LogP contribution in [0.4, 0.5) is 0 Å². The van der Waals surface area contributed by atoms with Crippen molar-refractivity contribution in [3.8, 4) is 0 Å². The highest BCUT2D eigenvalue weighted by Crippen LogP contribution is 2.24. The molecule has 0 radical (unpaired) electrons. The van der Waals surface area contributed by atoms with Crippen LogP contribution in [0, 0.1) is 0 Å². The number of carboxylic acids is 1. The number of carboxylic acid groups (broad SMARTS) is 1. The van der Waals surface area contributed by atoms with E-state index in [0.29, 0.717) is 11.1 Å². The van der Waals surface area contributed by atoms with E-state index in [2.05, 4.69) is 4.74 Å². The van der Waals surface area contributed by atoms with E-state index in [1.165, 1.54) is 7.11 Å². The third-order valence-corrected chi connectivity index (χ3v) is 2.71. The second-order valence-electron chi connectivity index (χ2n) is 3.91. The van der Waals surface area contributed by atoms with Crippen LogP contribution in [-0.4, -0.2) is 30.7 Å². The third kappa shape index (κ3) is 4.22. The summed E-state index contributed by atoms with van der Waals surface area (Å²) in [6.07, 6.45) is 0.172. The van der Waals surface area contributed by atoms with Crippen LogP contribution in [0.3, 0.4) is 0 Å². The van der Waals surface area contributed by atoms with Crippen molar-refractivity contribution < 1.29 is 19.4 Å². The number of methoxy groups -OCH3 is 1. The van der Waals surface area contributed by atoms with E-state index < -0.39 is 11.9 Å². The monoisotopic (exact) mass is 263 g/mol. The molecule has 1 rings (SSSR count). The first kappa shape index (κ1) is 14.9. The molecule has 5 heteroatoms. The minimum atomic E-state index is -0.922. The van der Waals surface area contributed by atoms with E-state index in [-0.39, 0.29) is 19.4 Å². The maximum atomic E-state index is 11.7. The highest BCUT2D eigenvalue weighted by molar-refractivity contribution is 5.98. The van der Waals surface area contributed by atoms with E-state index in [4.69, 9.17) is 10.8 Å². The van der Waals surface area contributed by atoms with Crippen LogP contribution in [0.5, 0.6) is 0 Å². The molecule has 5 nitrogen and oxygen atoms in total. The minimum Gasteiger partial charge on any atom is -0.481 e. The fourth-order valence-electron chi connectivity index (χ4n) is 1.79. The first-order valence-electron chi connectivity index (χ1n) is 5.87. The quantitative estimate of drug-likeness (QED) is 0.598. The molecule has 3 N–H and O–H groups in total. The van der Waals surface area contributed by atoms with Gasteiger partial charge in [-0.15, -0.1) is 0 Å². The molecule has 0 aliphatic heterocycles. The van der Waals surface area contributed by atoms with Crippen molar-refractivity contribution in [2.24, 2.45) is 5.73 Å². The lowest BCUT2D eigenvalue weighted by molar-refractivity contribution is -0.137. The molecule has 0 fully saturated rings. The van der Waals surface area contributed by atoms with Crippen LogP contribution in [0.2, 0.25) is 0 Å². The van der Waals surface area contributed by atoms with E-state index in [9.17, 15) is 9.59 Å². The molecule has 0 heterocycles. The van der Waals surface area contributed by atoms with Gasteiger partial charge >= 0.3 is 11.9 Å². The van der Waals surface area contributed by atoms with Crippen molar-refractivity contribution in [1.82, 2.24) is 0 Å². The number of esters is 1. The normalized spacial score (nSPS) is 11.7. The topological polar surface area (TPSA) is 89.6 Å². The lowest BCUT2D eigenvalue weighted by Gasteiger charge is -2.12. The Morgan fingerprint density at radius 3 is 2.32 bits per heavy atom. The molecule has 0 amide bonds. The number of ether oxygens (including phenoxy) is 1. The highest BCUT2D eigenvalue weighted by atomic mass is 16.5. The van der Waals surface area contributed by atoms with Crippen molar-refractivity contribution in [1.29, 1.82) is 0 Å². The first-order chi connectivity index (χ1) is 9.10. The number of benzene rings is 1. The Labute approximate surface area is 111 Å². The second-order valence-corrected chi connectivity index (χ2v) is 3.91. The summed E-state index contributed by atoms with van der Waals surface area (Å²) in [6.45, 7) is 0.0104. The van der Waals surface area contributed by atoms with Crippen molar-refractivity contribution in [3.63, 3.8) is 0 Å². The lowest BCUT2D eigenvalue weighted by Crippen LogP contribution is -2.17. The van der Waals surface area contributed by atoms with Crippen LogP contribution < -0.4 is 5.73 Å². The van der Waals surface area contributed by atoms with Crippen LogP contribution in [0.15, 0.2) is 35.9 Å². The molecule has 0 saturated heterocycles. The van der Waals surface area contributed by atoms with Gasteiger partial charge in [-0.05, 0) is 17.6 Å². The van der Waals surface area contributed by atoms with E-state index in [0.717, 1.165) is 5.56 Å². The van der Waals surface area contributed by atoms with Crippen molar-refractivity contribution >= 4 is 17.5 Å². The molecule has 19 heavy (non-hydrogen) atoms. The van der Waals surface area contributed by atoms with Gasteiger partial charge in [0.05, 0.1) is 12.7 Å². The smallest absolute Gasteiger partial charge is 0.335 e. The third-order valence-electron chi connectivity index (χ3n) is 2.71. The maximum absolute atomic E-state index is 11.7. The summed E-state index contributed by atoms with van der Waals surface area (Å²) >= 11 is 0. The number of carbonyl (C=O) groups is 2. The van der Waals surface area contributed by atoms with Crippen molar-refractivity contribution in [2.45, 2.75) is 12.8 Å².